The normalized spacial score (nSPS) is 13.4. The lowest BCUT2D eigenvalue weighted by atomic mass is 9.70. The predicted molar refractivity (Wildman–Crippen MR) is 110 cm³/mol. The molecule has 3 heterocycles. The van der Waals surface area contributed by atoms with E-state index in [2.05, 4.69) is 15.2 Å². The van der Waals surface area contributed by atoms with E-state index in [-0.39, 0.29) is 18.9 Å². The van der Waals surface area contributed by atoms with Gasteiger partial charge in [0, 0.05) is 24.0 Å². The standard InChI is InChI=1S/C22H25F3N4O3/c1-6-32-20(31)21(4,5)17(14-9-15(11-30)13(3)26-10-14)16-7-8-29-18(12(16)2)27-28-19(29)22(23,24)25/h7-10,17,30H,6,11H2,1-5H3/t17-/m0/s1. The number of alkyl halides is 3. The fourth-order valence-electron chi connectivity index (χ4n) is 3.94. The van der Waals surface area contributed by atoms with Crippen LogP contribution in [0.3, 0.4) is 0 Å². The third kappa shape index (κ3) is 4.06. The minimum atomic E-state index is -4.66. The van der Waals surface area contributed by atoms with Gasteiger partial charge in [-0.2, -0.15) is 13.2 Å². The van der Waals surface area contributed by atoms with Crippen molar-refractivity contribution in [2.24, 2.45) is 5.41 Å². The third-order valence-corrected chi connectivity index (χ3v) is 5.67. The van der Waals surface area contributed by atoms with Gasteiger partial charge in [-0.25, -0.2) is 0 Å². The second-order valence-corrected chi connectivity index (χ2v) is 8.16. The number of carbonyl (C=O) groups is 1. The van der Waals surface area contributed by atoms with Gasteiger partial charge in [0.15, 0.2) is 5.65 Å². The van der Waals surface area contributed by atoms with Crippen molar-refractivity contribution in [1.82, 2.24) is 19.6 Å². The van der Waals surface area contributed by atoms with Crippen molar-refractivity contribution in [2.75, 3.05) is 6.61 Å². The van der Waals surface area contributed by atoms with E-state index in [1.165, 1.54) is 12.3 Å². The maximum Gasteiger partial charge on any atom is 0.452 e. The highest BCUT2D eigenvalue weighted by Gasteiger charge is 2.42. The number of aliphatic hydroxyl groups is 1. The lowest BCUT2D eigenvalue weighted by Crippen LogP contribution is -2.34. The Bertz CT molecular complexity index is 1160. The van der Waals surface area contributed by atoms with Crippen LogP contribution in [0.5, 0.6) is 0 Å². The molecular weight excluding hydrogens is 425 g/mol. The van der Waals surface area contributed by atoms with E-state index in [1.54, 1.807) is 46.9 Å². The van der Waals surface area contributed by atoms with Gasteiger partial charge < -0.3 is 9.84 Å². The first kappa shape index (κ1) is 23.6. The number of nitrogens with zero attached hydrogens (tertiary/aromatic N) is 4. The van der Waals surface area contributed by atoms with Crippen molar-refractivity contribution < 1.29 is 27.8 Å². The topological polar surface area (TPSA) is 89.6 Å². The number of carbonyl (C=O) groups excluding carboxylic acids is 1. The molecule has 0 aliphatic heterocycles. The van der Waals surface area contributed by atoms with Gasteiger partial charge >= 0.3 is 12.1 Å². The fourth-order valence-corrected chi connectivity index (χ4v) is 3.94. The number of hydrogen-bond donors (Lipinski definition) is 1. The van der Waals surface area contributed by atoms with Gasteiger partial charge in [-0.3, -0.25) is 14.2 Å². The van der Waals surface area contributed by atoms with Crippen LogP contribution in [-0.4, -0.2) is 37.3 Å². The Balaban J connectivity index is 2.27. The first-order valence-corrected chi connectivity index (χ1v) is 10.1. The molecule has 7 nitrogen and oxygen atoms in total. The number of ether oxygens (including phenoxy) is 1. The number of aliphatic hydroxyl groups excluding tert-OH is 1. The van der Waals surface area contributed by atoms with E-state index in [0.717, 1.165) is 4.40 Å². The molecule has 3 rings (SSSR count). The number of halogens is 3. The molecule has 32 heavy (non-hydrogen) atoms. The summed E-state index contributed by atoms with van der Waals surface area (Å²) in [5.74, 6) is -2.22. The van der Waals surface area contributed by atoms with Gasteiger partial charge in [0.25, 0.3) is 0 Å². The van der Waals surface area contributed by atoms with Crippen molar-refractivity contribution in [3.05, 3.63) is 58.3 Å². The first-order chi connectivity index (χ1) is 14.9. The molecule has 172 valence electrons. The van der Waals surface area contributed by atoms with Crippen molar-refractivity contribution in [1.29, 1.82) is 0 Å². The average Bonchev–Trinajstić information content (AvgIpc) is 3.16. The molecule has 0 unspecified atom stereocenters. The summed E-state index contributed by atoms with van der Waals surface area (Å²) in [6, 6.07) is 3.29. The van der Waals surface area contributed by atoms with Crippen molar-refractivity contribution in [3.63, 3.8) is 0 Å². The number of pyridine rings is 2. The maximum atomic E-state index is 13.3. The zero-order chi connectivity index (χ0) is 23.8. The summed E-state index contributed by atoms with van der Waals surface area (Å²) in [5.41, 5.74) is 1.84. The lowest BCUT2D eigenvalue weighted by Gasteiger charge is -2.34. The Kier molecular flexibility index (Phi) is 6.28. The SMILES string of the molecule is CCOC(=O)C(C)(C)[C@@H](c1cnc(C)c(CO)c1)c1ccn2c(C(F)(F)F)nnc2c1C. The molecule has 0 bridgehead atoms. The van der Waals surface area contributed by atoms with Crippen LogP contribution < -0.4 is 0 Å². The van der Waals surface area contributed by atoms with Crippen molar-refractivity contribution >= 4 is 11.6 Å². The number of aryl methyl sites for hydroxylation is 2. The summed E-state index contributed by atoms with van der Waals surface area (Å²) in [4.78, 5) is 17.3. The second-order valence-electron chi connectivity index (χ2n) is 8.16. The van der Waals surface area contributed by atoms with E-state index < -0.39 is 29.3 Å². The Hall–Kier alpha value is -3.01. The summed E-state index contributed by atoms with van der Waals surface area (Å²) in [5, 5.41) is 16.8. The lowest BCUT2D eigenvalue weighted by molar-refractivity contribution is -0.154. The van der Waals surface area contributed by atoms with E-state index in [4.69, 9.17) is 4.74 Å². The van der Waals surface area contributed by atoms with E-state index in [9.17, 15) is 23.1 Å². The second kappa shape index (κ2) is 8.50. The molecule has 0 saturated carbocycles. The van der Waals surface area contributed by atoms with Crippen LogP contribution in [0.15, 0.2) is 24.5 Å². The smallest absolute Gasteiger partial charge is 0.452 e. The van der Waals surface area contributed by atoms with Crippen LogP contribution in [0.2, 0.25) is 0 Å². The Morgan fingerprint density at radius 3 is 2.53 bits per heavy atom. The molecule has 0 aliphatic rings. The maximum absolute atomic E-state index is 13.3. The molecule has 0 amide bonds. The van der Waals surface area contributed by atoms with E-state index in [1.807, 2.05) is 0 Å². The van der Waals surface area contributed by atoms with Crippen LogP contribution >= 0.6 is 0 Å². The summed E-state index contributed by atoms with van der Waals surface area (Å²) in [6.45, 7) is 8.46. The molecule has 1 N–H and O–H groups in total. The van der Waals surface area contributed by atoms with E-state index in [0.29, 0.717) is 27.9 Å². The molecule has 0 aliphatic carbocycles. The molecule has 0 saturated heterocycles. The molecule has 3 aromatic heterocycles. The molecule has 10 heteroatoms. The van der Waals surface area contributed by atoms with Crippen molar-refractivity contribution in [3.8, 4) is 0 Å². The monoisotopic (exact) mass is 450 g/mol. The molecule has 0 fully saturated rings. The largest absolute Gasteiger partial charge is 0.466 e. The van der Waals surface area contributed by atoms with Crippen LogP contribution in [0.25, 0.3) is 5.65 Å². The number of rotatable bonds is 6. The number of hydrogen-bond acceptors (Lipinski definition) is 6. The highest BCUT2D eigenvalue weighted by molar-refractivity contribution is 5.78. The van der Waals surface area contributed by atoms with Gasteiger partial charge in [0.1, 0.15) is 0 Å². The van der Waals surface area contributed by atoms with Crippen LogP contribution in [0, 0.1) is 19.3 Å². The molecule has 0 aromatic carbocycles. The summed E-state index contributed by atoms with van der Waals surface area (Å²) >= 11 is 0. The average molecular weight is 450 g/mol. The molecular formula is C22H25F3N4O3. The molecule has 3 aromatic rings. The van der Waals surface area contributed by atoms with Crippen molar-refractivity contribution in [2.45, 2.75) is 53.3 Å². The molecule has 1 atom stereocenters. The highest BCUT2D eigenvalue weighted by atomic mass is 19.4. The van der Waals surface area contributed by atoms with Gasteiger partial charge in [0.2, 0.25) is 5.82 Å². The fraction of sp³-hybridized carbons (Fsp3) is 0.455. The van der Waals surface area contributed by atoms with Crippen LogP contribution in [0.4, 0.5) is 13.2 Å². The Morgan fingerprint density at radius 2 is 1.94 bits per heavy atom. The molecule has 0 radical (unpaired) electrons. The Labute approximate surface area is 183 Å². The zero-order valence-corrected chi connectivity index (χ0v) is 18.5. The van der Waals surface area contributed by atoms with Crippen LogP contribution in [0.1, 0.15) is 60.5 Å². The quantitative estimate of drug-likeness (QED) is 0.572. The number of fused-ring (bicyclic) bond motifs is 1. The van der Waals surface area contributed by atoms with E-state index >= 15 is 0 Å². The van der Waals surface area contributed by atoms with Gasteiger partial charge in [-0.15, -0.1) is 10.2 Å². The summed E-state index contributed by atoms with van der Waals surface area (Å²) < 4.78 is 46.1. The molecule has 0 spiro atoms. The van der Waals surface area contributed by atoms with Crippen LogP contribution in [-0.2, 0) is 22.3 Å². The number of esters is 1. The van der Waals surface area contributed by atoms with Gasteiger partial charge in [-0.1, -0.05) is 0 Å². The summed E-state index contributed by atoms with van der Waals surface area (Å²) in [7, 11) is 0. The highest BCUT2D eigenvalue weighted by Crippen LogP contribution is 2.44. The third-order valence-electron chi connectivity index (χ3n) is 5.67. The number of aromatic nitrogens is 4. The first-order valence-electron chi connectivity index (χ1n) is 10.1. The minimum Gasteiger partial charge on any atom is -0.466 e. The van der Waals surface area contributed by atoms with Gasteiger partial charge in [0.05, 0.1) is 18.6 Å². The zero-order valence-electron chi connectivity index (χ0n) is 18.5. The minimum absolute atomic E-state index is 0.0435. The summed E-state index contributed by atoms with van der Waals surface area (Å²) in [6.07, 6.45) is -1.80. The Morgan fingerprint density at radius 1 is 1.25 bits per heavy atom. The van der Waals surface area contributed by atoms with Gasteiger partial charge in [-0.05, 0) is 69.0 Å². The predicted octanol–water partition coefficient (Wildman–Crippen LogP) is 3.97.